The van der Waals surface area contributed by atoms with Gasteiger partial charge in [0.15, 0.2) is 5.82 Å². The SMILES string of the molecule is C[C@@]1(C(=O)Nc2ccc(F)cc2)CCCN1c1nc(Nc2cc(C3CC3)[nH]n2)n2cccc2n1. The molecule has 1 saturated heterocycles. The van der Waals surface area contributed by atoms with Crippen LogP contribution < -0.4 is 15.5 Å². The number of nitrogens with one attached hydrogen (secondary N) is 3. The molecular weight excluding hydrogens is 435 g/mol. The second kappa shape index (κ2) is 7.82. The van der Waals surface area contributed by atoms with Crippen LogP contribution in [0.4, 0.5) is 27.8 Å². The molecule has 0 spiro atoms. The number of amides is 1. The van der Waals surface area contributed by atoms with E-state index >= 15 is 0 Å². The summed E-state index contributed by atoms with van der Waals surface area (Å²) in [5, 5.41) is 13.7. The lowest BCUT2D eigenvalue weighted by atomic mass is 9.97. The van der Waals surface area contributed by atoms with Crippen molar-refractivity contribution in [3.8, 4) is 0 Å². The Morgan fingerprint density at radius 2 is 2.03 bits per heavy atom. The minimum atomic E-state index is -0.845. The molecule has 0 bridgehead atoms. The molecule has 6 rings (SSSR count). The van der Waals surface area contributed by atoms with Gasteiger partial charge in [0.25, 0.3) is 0 Å². The Morgan fingerprint density at radius 3 is 2.82 bits per heavy atom. The highest BCUT2D eigenvalue weighted by Gasteiger charge is 2.45. The number of carbonyl (C=O) groups is 1. The van der Waals surface area contributed by atoms with Gasteiger partial charge < -0.3 is 15.5 Å². The summed E-state index contributed by atoms with van der Waals surface area (Å²) in [6.45, 7) is 2.55. The highest BCUT2D eigenvalue weighted by Crippen LogP contribution is 2.40. The number of rotatable bonds is 6. The van der Waals surface area contributed by atoms with Gasteiger partial charge in [-0.3, -0.25) is 14.3 Å². The lowest BCUT2D eigenvalue weighted by Crippen LogP contribution is -2.51. The monoisotopic (exact) mass is 460 g/mol. The van der Waals surface area contributed by atoms with Gasteiger partial charge in [-0.1, -0.05) is 0 Å². The maximum Gasteiger partial charge on any atom is 0.250 e. The summed E-state index contributed by atoms with van der Waals surface area (Å²) in [5.41, 5.74) is 1.56. The molecule has 2 aliphatic rings. The van der Waals surface area contributed by atoms with E-state index in [9.17, 15) is 9.18 Å². The average molecular weight is 461 g/mol. The maximum atomic E-state index is 13.3. The predicted molar refractivity (Wildman–Crippen MR) is 127 cm³/mol. The number of aromatic amines is 1. The van der Waals surface area contributed by atoms with Crippen LogP contribution in [0.5, 0.6) is 0 Å². The first-order valence-corrected chi connectivity index (χ1v) is 11.5. The maximum absolute atomic E-state index is 13.3. The second-order valence-electron chi connectivity index (χ2n) is 9.18. The van der Waals surface area contributed by atoms with E-state index in [4.69, 9.17) is 9.97 Å². The van der Waals surface area contributed by atoms with Crippen molar-refractivity contribution in [2.45, 2.75) is 44.1 Å². The lowest BCUT2D eigenvalue weighted by Gasteiger charge is -2.34. The zero-order valence-electron chi connectivity index (χ0n) is 18.8. The van der Waals surface area contributed by atoms with Crippen LogP contribution in [0.2, 0.25) is 0 Å². The van der Waals surface area contributed by atoms with Gasteiger partial charge in [-0.2, -0.15) is 15.1 Å². The van der Waals surface area contributed by atoms with E-state index in [0.29, 0.717) is 42.3 Å². The van der Waals surface area contributed by atoms with Crippen LogP contribution in [0.25, 0.3) is 5.65 Å². The van der Waals surface area contributed by atoms with Crippen LogP contribution in [0.15, 0.2) is 48.7 Å². The van der Waals surface area contributed by atoms with E-state index in [1.807, 2.05) is 40.6 Å². The number of carbonyl (C=O) groups excluding carboxylic acids is 1. The number of hydrogen-bond donors (Lipinski definition) is 3. The van der Waals surface area contributed by atoms with Crippen molar-refractivity contribution < 1.29 is 9.18 Å². The van der Waals surface area contributed by atoms with Crippen molar-refractivity contribution in [3.05, 3.63) is 60.2 Å². The minimum absolute atomic E-state index is 0.175. The Kier molecular flexibility index (Phi) is 4.75. The van der Waals surface area contributed by atoms with Crippen LogP contribution in [0, 0.1) is 5.82 Å². The summed E-state index contributed by atoms with van der Waals surface area (Å²) in [6, 6.07) is 11.6. The fourth-order valence-electron chi connectivity index (χ4n) is 4.56. The molecule has 1 amide bonds. The van der Waals surface area contributed by atoms with Crippen molar-refractivity contribution >= 4 is 35.0 Å². The summed E-state index contributed by atoms with van der Waals surface area (Å²) < 4.78 is 15.1. The number of hydrogen-bond acceptors (Lipinski definition) is 6. The molecule has 1 aliphatic heterocycles. The summed E-state index contributed by atoms with van der Waals surface area (Å²) in [5.74, 6) is 1.79. The molecule has 3 N–H and O–H groups in total. The van der Waals surface area contributed by atoms with Crippen LogP contribution in [-0.2, 0) is 4.79 Å². The standard InChI is InChI=1S/C24H25FN8O/c1-24(21(34)26-17-9-7-16(25)8-10-17)11-3-13-33(24)23-28-20-4-2-12-32(20)22(29-23)27-19-14-18(30-31-19)15-5-6-15/h2,4,7-10,12,14-15H,3,5-6,11,13H2,1H3,(H,26,34)(H2,27,28,29,30,31)/t24-/m0/s1. The van der Waals surface area contributed by atoms with Crippen LogP contribution in [-0.4, -0.2) is 42.6 Å². The number of halogens is 1. The van der Waals surface area contributed by atoms with Crippen molar-refractivity contribution in [1.82, 2.24) is 24.6 Å². The first kappa shape index (κ1) is 20.6. The molecule has 1 saturated carbocycles. The molecule has 4 heterocycles. The highest BCUT2D eigenvalue weighted by atomic mass is 19.1. The molecule has 34 heavy (non-hydrogen) atoms. The largest absolute Gasteiger partial charge is 0.326 e. The molecule has 4 aromatic rings. The number of anilines is 4. The predicted octanol–water partition coefficient (Wildman–Crippen LogP) is 4.21. The molecule has 0 radical (unpaired) electrons. The fraction of sp³-hybridized carbons (Fsp3) is 0.333. The van der Waals surface area contributed by atoms with E-state index in [1.165, 1.54) is 25.0 Å². The van der Waals surface area contributed by atoms with Crippen LogP contribution in [0.3, 0.4) is 0 Å². The van der Waals surface area contributed by atoms with Gasteiger partial charge >= 0.3 is 0 Å². The number of fused-ring (bicyclic) bond motifs is 1. The van der Waals surface area contributed by atoms with Crippen LogP contribution in [0.1, 0.15) is 44.2 Å². The van der Waals surface area contributed by atoms with E-state index in [-0.39, 0.29) is 11.7 Å². The molecule has 174 valence electrons. The van der Waals surface area contributed by atoms with Gasteiger partial charge in [0.2, 0.25) is 17.8 Å². The Morgan fingerprint density at radius 1 is 1.21 bits per heavy atom. The summed E-state index contributed by atoms with van der Waals surface area (Å²) in [4.78, 5) is 24.8. The fourth-order valence-corrected chi connectivity index (χ4v) is 4.56. The number of H-pyrrole nitrogens is 1. The van der Waals surface area contributed by atoms with Gasteiger partial charge in [-0.25, -0.2) is 4.39 Å². The third kappa shape index (κ3) is 3.64. The third-order valence-corrected chi connectivity index (χ3v) is 6.70. The molecular formula is C24H25FN8O. The Balaban J connectivity index is 1.31. The van der Waals surface area contributed by atoms with Gasteiger partial charge in [-0.05, 0) is 69.0 Å². The lowest BCUT2D eigenvalue weighted by molar-refractivity contribution is -0.120. The molecule has 0 unspecified atom stereocenters. The van der Waals surface area contributed by atoms with Crippen molar-refractivity contribution in [2.24, 2.45) is 0 Å². The van der Waals surface area contributed by atoms with E-state index in [0.717, 1.165) is 17.8 Å². The number of nitrogens with zero attached hydrogens (tertiary/aromatic N) is 5. The van der Waals surface area contributed by atoms with E-state index in [1.54, 1.807) is 12.1 Å². The Bertz CT molecular complexity index is 1360. The van der Waals surface area contributed by atoms with Gasteiger partial charge in [0, 0.05) is 36.1 Å². The smallest absolute Gasteiger partial charge is 0.250 e. The molecule has 10 heteroatoms. The molecule has 9 nitrogen and oxygen atoms in total. The topological polar surface area (TPSA) is 103 Å². The summed E-state index contributed by atoms with van der Waals surface area (Å²) >= 11 is 0. The molecule has 1 aliphatic carbocycles. The van der Waals surface area contributed by atoms with Gasteiger partial charge in [-0.15, -0.1) is 0 Å². The van der Waals surface area contributed by atoms with E-state index in [2.05, 4.69) is 20.8 Å². The van der Waals surface area contributed by atoms with Crippen molar-refractivity contribution in [2.75, 3.05) is 22.1 Å². The summed E-state index contributed by atoms with van der Waals surface area (Å²) in [7, 11) is 0. The quantitative estimate of drug-likeness (QED) is 0.398. The van der Waals surface area contributed by atoms with Crippen molar-refractivity contribution in [3.63, 3.8) is 0 Å². The van der Waals surface area contributed by atoms with Gasteiger partial charge in [0.1, 0.15) is 17.0 Å². The first-order chi connectivity index (χ1) is 16.5. The Labute approximate surface area is 195 Å². The van der Waals surface area contributed by atoms with Crippen molar-refractivity contribution in [1.29, 1.82) is 0 Å². The number of aromatic nitrogens is 5. The van der Waals surface area contributed by atoms with Crippen LogP contribution >= 0.6 is 0 Å². The average Bonchev–Trinajstić information content (AvgIpc) is 3.20. The summed E-state index contributed by atoms with van der Waals surface area (Å²) in [6.07, 6.45) is 5.75. The zero-order chi connectivity index (χ0) is 23.3. The number of benzene rings is 1. The molecule has 3 aromatic heterocycles. The van der Waals surface area contributed by atoms with E-state index < -0.39 is 5.54 Å². The molecule has 1 atom stereocenters. The molecule has 1 aromatic carbocycles. The first-order valence-electron chi connectivity index (χ1n) is 11.5. The highest BCUT2D eigenvalue weighted by molar-refractivity contribution is 6.00. The van der Waals surface area contributed by atoms with Gasteiger partial charge in [0.05, 0.1) is 0 Å². The zero-order valence-corrected chi connectivity index (χ0v) is 18.8. The minimum Gasteiger partial charge on any atom is -0.326 e. The Hall–Kier alpha value is -3.95. The molecule has 2 fully saturated rings. The second-order valence-corrected chi connectivity index (χ2v) is 9.18. The third-order valence-electron chi connectivity index (χ3n) is 6.70. The normalized spacial score (nSPS) is 20.1.